The minimum atomic E-state index is 0.159. The fourth-order valence-corrected chi connectivity index (χ4v) is 4.75. The van der Waals surface area contributed by atoms with Crippen LogP contribution in [0.1, 0.15) is 51.0 Å². The summed E-state index contributed by atoms with van der Waals surface area (Å²) in [5, 5.41) is 3.31. The van der Waals surface area contributed by atoms with Crippen molar-refractivity contribution in [3.63, 3.8) is 0 Å². The van der Waals surface area contributed by atoms with Crippen molar-refractivity contribution < 1.29 is 4.79 Å². The largest absolute Gasteiger partial charge is 0.333 e. The van der Waals surface area contributed by atoms with Crippen LogP contribution < -0.4 is 5.32 Å². The van der Waals surface area contributed by atoms with Gasteiger partial charge in [0.15, 0.2) is 0 Å². The van der Waals surface area contributed by atoms with Gasteiger partial charge in [-0.05, 0) is 43.9 Å². The summed E-state index contributed by atoms with van der Waals surface area (Å²) < 4.78 is 2.15. The normalized spacial score (nSPS) is 34.6. The van der Waals surface area contributed by atoms with Crippen LogP contribution in [-0.4, -0.2) is 39.6 Å². The number of carbonyl (C=O) groups excluding carboxylic acids is 1. The Bertz CT molecular complexity index is 501. The van der Waals surface area contributed by atoms with E-state index in [0.29, 0.717) is 6.04 Å². The topological polar surface area (TPSA) is 50.2 Å². The van der Waals surface area contributed by atoms with E-state index in [4.69, 9.17) is 0 Å². The zero-order chi connectivity index (χ0) is 14.9. The molecule has 0 radical (unpaired) electrons. The Morgan fingerprint density at radius 3 is 2.50 bits per heavy atom. The van der Waals surface area contributed by atoms with E-state index in [-0.39, 0.29) is 12.1 Å². The highest BCUT2D eigenvalue weighted by Crippen LogP contribution is 2.36. The molecule has 4 atom stereocenters. The number of nitrogens with one attached hydrogen (secondary N) is 1. The summed E-state index contributed by atoms with van der Waals surface area (Å²) in [6.07, 6.45) is 14.4. The molecular weight excluding hydrogens is 276 g/mol. The van der Waals surface area contributed by atoms with Crippen LogP contribution in [0.5, 0.6) is 0 Å². The van der Waals surface area contributed by atoms with E-state index < -0.39 is 0 Å². The molecule has 1 aliphatic heterocycles. The molecule has 1 N–H and O–H groups in total. The lowest BCUT2D eigenvalue weighted by Gasteiger charge is -2.25. The number of amides is 2. The van der Waals surface area contributed by atoms with E-state index in [2.05, 4.69) is 19.8 Å². The molecule has 3 fully saturated rings. The third-order valence-electron chi connectivity index (χ3n) is 5.96. The number of hydrogen-bond acceptors (Lipinski definition) is 2. The van der Waals surface area contributed by atoms with E-state index >= 15 is 0 Å². The molecule has 0 spiro atoms. The summed E-state index contributed by atoms with van der Waals surface area (Å²) in [6, 6.07) is 0.784. The Morgan fingerprint density at radius 1 is 1.05 bits per heavy atom. The van der Waals surface area contributed by atoms with Crippen LogP contribution in [0.25, 0.3) is 0 Å². The lowest BCUT2D eigenvalue weighted by atomic mass is 9.82. The molecule has 2 aliphatic carbocycles. The highest BCUT2D eigenvalue weighted by atomic mass is 16.2. The molecule has 1 aromatic heterocycles. The molecule has 1 aromatic rings. The molecule has 2 amide bonds. The number of carbonyl (C=O) groups is 1. The predicted molar refractivity (Wildman–Crippen MR) is 84.5 cm³/mol. The SMILES string of the molecule is O=C(N[C@@H]1CCC[C@H]1n1ccnc1)N1C[C@H]2CCCC[C@H]2C1. The van der Waals surface area contributed by atoms with Crippen LogP contribution in [0.15, 0.2) is 18.7 Å². The van der Waals surface area contributed by atoms with E-state index in [0.717, 1.165) is 37.8 Å². The maximum Gasteiger partial charge on any atom is 0.317 e. The molecular formula is C17H26N4O. The average molecular weight is 302 g/mol. The standard InChI is InChI=1S/C17H26N4O/c22-17(21-10-13-4-1-2-5-14(13)11-21)19-15-6-3-7-16(15)20-9-8-18-12-20/h8-9,12-16H,1-7,10-11H2,(H,19,22)/t13-,14+,15-,16-/m1/s1. The van der Waals surface area contributed by atoms with Crippen LogP contribution in [0, 0.1) is 11.8 Å². The molecule has 120 valence electrons. The van der Waals surface area contributed by atoms with Crippen LogP contribution in [-0.2, 0) is 0 Å². The van der Waals surface area contributed by atoms with Crippen molar-refractivity contribution in [3.8, 4) is 0 Å². The number of urea groups is 1. The maximum absolute atomic E-state index is 12.6. The third kappa shape index (κ3) is 2.61. The smallest absolute Gasteiger partial charge is 0.317 e. The van der Waals surface area contributed by atoms with Gasteiger partial charge in [-0.25, -0.2) is 9.78 Å². The molecule has 0 unspecified atom stereocenters. The first kappa shape index (κ1) is 14.1. The highest BCUT2D eigenvalue weighted by Gasteiger charge is 2.38. The second-order valence-electron chi connectivity index (χ2n) is 7.27. The monoisotopic (exact) mass is 302 g/mol. The summed E-state index contributed by atoms with van der Waals surface area (Å²) in [6.45, 7) is 1.94. The van der Waals surface area contributed by atoms with Crippen molar-refractivity contribution in [1.82, 2.24) is 19.8 Å². The quantitative estimate of drug-likeness (QED) is 0.913. The number of rotatable bonds is 2. The van der Waals surface area contributed by atoms with Gasteiger partial charge < -0.3 is 14.8 Å². The number of aromatic nitrogens is 2. The van der Waals surface area contributed by atoms with Gasteiger partial charge in [-0.1, -0.05) is 12.8 Å². The number of fused-ring (bicyclic) bond motifs is 1. The fourth-order valence-electron chi connectivity index (χ4n) is 4.75. The van der Waals surface area contributed by atoms with Gasteiger partial charge in [0.1, 0.15) is 0 Å². The van der Waals surface area contributed by atoms with Crippen LogP contribution in [0.2, 0.25) is 0 Å². The Balaban J connectivity index is 1.37. The van der Waals surface area contributed by atoms with Crippen molar-refractivity contribution in [2.75, 3.05) is 13.1 Å². The predicted octanol–water partition coefficient (Wildman–Crippen LogP) is 2.81. The van der Waals surface area contributed by atoms with Crippen LogP contribution in [0.3, 0.4) is 0 Å². The minimum absolute atomic E-state index is 0.159. The average Bonchev–Trinajstić information content (AvgIpc) is 3.26. The van der Waals surface area contributed by atoms with E-state index in [1.807, 2.05) is 18.7 Å². The second-order valence-corrected chi connectivity index (χ2v) is 7.27. The Labute approximate surface area is 132 Å². The van der Waals surface area contributed by atoms with E-state index in [9.17, 15) is 4.79 Å². The van der Waals surface area contributed by atoms with Crippen molar-refractivity contribution in [2.45, 2.75) is 57.0 Å². The first-order valence-corrected chi connectivity index (χ1v) is 8.84. The van der Waals surface area contributed by atoms with Gasteiger partial charge in [-0.3, -0.25) is 0 Å². The summed E-state index contributed by atoms with van der Waals surface area (Å²) in [5.41, 5.74) is 0. The van der Waals surface area contributed by atoms with Crippen molar-refractivity contribution >= 4 is 6.03 Å². The van der Waals surface area contributed by atoms with Crippen molar-refractivity contribution in [2.24, 2.45) is 11.8 Å². The van der Waals surface area contributed by atoms with Gasteiger partial charge in [0.25, 0.3) is 0 Å². The molecule has 0 bridgehead atoms. The van der Waals surface area contributed by atoms with Crippen LogP contribution >= 0.6 is 0 Å². The molecule has 22 heavy (non-hydrogen) atoms. The molecule has 2 heterocycles. The van der Waals surface area contributed by atoms with Gasteiger partial charge in [-0.15, -0.1) is 0 Å². The van der Waals surface area contributed by atoms with Gasteiger partial charge in [0.05, 0.1) is 18.4 Å². The molecule has 5 heteroatoms. The van der Waals surface area contributed by atoms with Crippen molar-refractivity contribution in [3.05, 3.63) is 18.7 Å². The molecule has 4 rings (SSSR count). The number of nitrogens with zero attached hydrogens (tertiary/aromatic N) is 3. The van der Waals surface area contributed by atoms with Gasteiger partial charge in [-0.2, -0.15) is 0 Å². The summed E-state index contributed by atoms with van der Waals surface area (Å²) in [4.78, 5) is 18.9. The van der Waals surface area contributed by atoms with Gasteiger partial charge in [0, 0.05) is 25.5 Å². The number of hydrogen-bond donors (Lipinski definition) is 1. The number of imidazole rings is 1. The first-order chi connectivity index (χ1) is 10.8. The first-order valence-electron chi connectivity index (χ1n) is 8.84. The molecule has 1 saturated heterocycles. The Hall–Kier alpha value is -1.52. The minimum Gasteiger partial charge on any atom is -0.333 e. The maximum atomic E-state index is 12.6. The van der Waals surface area contributed by atoms with Gasteiger partial charge >= 0.3 is 6.03 Å². The summed E-state index contributed by atoms with van der Waals surface area (Å²) in [5.74, 6) is 1.51. The zero-order valence-electron chi connectivity index (χ0n) is 13.2. The van der Waals surface area contributed by atoms with Crippen LogP contribution in [0.4, 0.5) is 4.79 Å². The molecule has 0 aromatic carbocycles. The molecule has 2 saturated carbocycles. The number of likely N-dealkylation sites (tertiary alicyclic amines) is 1. The lowest BCUT2D eigenvalue weighted by Crippen LogP contribution is -2.45. The summed E-state index contributed by atoms with van der Waals surface area (Å²) in [7, 11) is 0. The summed E-state index contributed by atoms with van der Waals surface area (Å²) >= 11 is 0. The third-order valence-corrected chi connectivity index (χ3v) is 5.96. The van der Waals surface area contributed by atoms with Gasteiger partial charge in [0.2, 0.25) is 0 Å². The second kappa shape index (κ2) is 5.94. The van der Waals surface area contributed by atoms with E-state index in [1.54, 1.807) is 0 Å². The molecule has 5 nitrogen and oxygen atoms in total. The molecule has 3 aliphatic rings. The zero-order valence-corrected chi connectivity index (χ0v) is 13.2. The fraction of sp³-hybridized carbons (Fsp3) is 0.765. The lowest BCUT2D eigenvalue weighted by molar-refractivity contribution is 0.199. The van der Waals surface area contributed by atoms with Crippen molar-refractivity contribution in [1.29, 1.82) is 0 Å². The van der Waals surface area contributed by atoms with E-state index in [1.165, 1.54) is 32.1 Å². The highest BCUT2D eigenvalue weighted by molar-refractivity contribution is 5.75. The Kier molecular flexibility index (Phi) is 3.80. The Morgan fingerprint density at radius 2 is 1.82 bits per heavy atom.